The van der Waals surface area contributed by atoms with E-state index >= 15 is 0 Å². The van der Waals surface area contributed by atoms with E-state index in [1.807, 2.05) is 19.1 Å². The van der Waals surface area contributed by atoms with Crippen molar-refractivity contribution in [3.8, 4) is 0 Å². The van der Waals surface area contributed by atoms with E-state index < -0.39 is 0 Å². The number of hydrogen-bond donors (Lipinski definition) is 2. The number of carbonyl (C=O) groups excluding carboxylic acids is 2. The predicted molar refractivity (Wildman–Crippen MR) is 96.4 cm³/mol. The molecular formula is C19H22N4O2. The SMILES string of the molecule is Cc1ccc(CN(C)C(=O)Nc2cccc(C(=O)NC3CC3)c2)nc1. The summed E-state index contributed by atoms with van der Waals surface area (Å²) in [5.74, 6) is -0.101. The van der Waals surface area contributed by atoms with Gasteiger partial charge in [0, 0.05) is 30.5 Å². The quantitative estimate of drug-likeness (QED) is 0.880. The predicted octanol–water partition coefficient (Wildman–Crippen LogP) is 2.95. The number of nitrogens with one attached hydrogen (secondary N) is 2. The van der Waals surface area contributed by atoms with Gasteiger partial charge in [-0.2, -0.15) is 0 Å². The average Bonchev–Trinajstić information content (AvgIpc) is 3.41. The van der Waals surface area contributed by atoms with Crippen LogP contribution < -0.4 is 10.6 Å². The molecule has 6 heteroatoms. The standard InChI is InChI=1S/C19H22N4O2/c1-13-6-7-17(20-11-13)12-23(2)19(25)22-16-5-3-4-14(10-16)18(24)21-15-8-9-15/h3-7,10-11,15H,8-9,12H2,1-2H3,(H,21,24)(H,22,25). The first-order valence-corrected chi connectivity index (χ1v) is 8.36. The molecule has 1 aromatic carbocycles. The molecule has 0 radical (unpaired) electrons. The van der Waals surface area contributed by atoms with Gasteiger partial charge in [-0.05, 0) is 49.6 Å². The highest BCUT2D eigenvalue weighted by molar-refractivity contribution is 5.97. The summed E-state index contributed by atoms with van der Waals surface area (Å²) in [6.45, 7) is 2.38. The second kappa shape index (κ2) is 7.34. The Balaban J connectivity index is 1.59. The van der Waals surface area contributed by atoms with Crippen molar-refractivity contribution in [1.82, 2.24) is 15.2 Å². The van der Waals surface area contributed by atoms with E-state index in [0.29, 0.717) is 23.8 Å². The van der Waals surface area contributed by atoms with Crippen LogP contribution in [0.1, 0.15) is 34.5 Å². The number of amides is 3. The van der Waals surface area contributed by atoms with Crippen molar-refractivity contribution in [2.24, 2.45) is 0 Å². The Labute approximate surface area is 147 Å². The molecule has 0 spiro atoms. The average molecular weight is 338 g/mol. The molecule has 1 saturated carbocycles. The summed E-state index contributed by atoms with van der Waals surface area (Å²) in [7, 11) is 1.71. The van der Waals surface area contributed by atoms with Gasteiger partial charge in [-0.25, -0.2) is 4.79 Å². The number of rotatable bonds is 5. The van der Waals surface area contributed by atoms with Crippen LogP contribution in [0.15, 0.2) is 42.6 Å². The number of aryl methyl sites for hydroxylation is 1. The maximum atomic E-state index is 12.3. The van der Waals surface area contributed by atoms with Crippen molar-refractivity contribution in [2.45, 2.75) is 32.4 Å². The van der Waals surface area contributed by atoms with E-state index in [0.717, 1.165) is 24.1 Å². The molecule has 2 aromatic rings. The molecule has 130 valence electrons. The monoisotopic (exact) mass is 338 g/mol. The van der Waals surface area contributed by atoms with Crippen LogP contribution in [0.2, 0.25) is 0 Å². The first kappa shape index (κ1) is 17.0. The summed E-state index contributed by atoms with van der Waals surface area (Å²) in [5, 5.41) is 5.76. The number of carbonyl (C=O) groups is 2. The van der Waals surface area contributed by atoms with Crippen molar-refractivity contribution < 1.29 is 9.59 Å². The highest BCUT2D eigenvalue weighted by Gasteiger charge is 2.23. The second-order valence-electron chi connectivity index (χ2n) is 6.44. The van der Waals surface area contributed by atoms with Crippen molar-refractivity contribution in [3.63, 3.8) is 0 Å². The molecule has 0 aliphatic heterocycles. The van der Waals surface area contributed by atoms with Crippen LogP contribution in [0.25, 0.3) is 0 Å². The van der Waals surface area contributed by atoms with Crippen LogP contribution in [0.4, 0.5) is 10.5 Å². The Morgan fingerprint density at radius 3 is 2.72 bits per heavy atom. The number of pyridine rings is 1. The van der Waals surface area contributed by atoms with Gasteiger partial charge in [-0.3, -0.25) is 9.78 Å². The second-order valence-corrected chi connectivity index (χ2v) is 6.44. The molecule has 1 aromatic heterocycles. The Bertz CT molecular complexity index is 769. The fourth-order valence-corrected chi connectivity index (χ4v) is 2.36. The Kier molecular flexibility index (Phi) is 4.97. The molecule has 1 aliphatic carbocycles. The van der Waals surface area contributed by atoms with Crippen LogP contribution >= 0.6 is 0 Å². The molecule has 6 nitrogen and oxygen atoms in total. The van der Waals surface area contributed by atoms with Crippen LogP contribution in [0, 0.1) is 6.92 Å². The van der Waals surface area contributed by atoms with Crippen molar-refractivity contribution in [1.29, 1.82) is 0 Å². The number of anilines is 1. The third-order valence-electron chi connectivity index (χ3n) is 4.01. The normalized spacial score (nSPS) is 13.2. The molecular weight excluding hydrogens is 316 g/mol. The van der Waals surface area contributed by atoms with Crippen LogP contribution in [0.5, 0.6) is 0 Å². The molecule has 0 bridgehead atoms. The minimum Gasteiger partial charge on any atom is -0.349 e. The van der Waals surface area contributed by atoms with Gasteiger partial charge in [0.15, 0.2) is 0 Å². The third kappa shape index (κ3) is 4.79. The van der Waals surface area contributed by atoms with Gasteiger partial charge in [0.25, 0.3) is 5.91 Å². The summed E-state index contributed by atoms with van der Waals surface area (Å²) in [5.41, 5.74) is 3.04. The van der Waals surface area contributed by atoms with E-state index in [-0.39, 0.29) is 11.9 Å². The summed E-state index contributed by atoms with van der Waals surface area (Å²) in [6, 6.07) is 10.9. The van der Waals surface area contributed by atoms with Gasteiger partial charge >= 0.3 is 6.03 Å². The van der Waals surface area contributed by atoms with Gasteiger partial charge in [-0.15, -0.1) is 0 Å². The lowest BCUT2D eigenvalue weighted by molar-refractivity contribution is 0.0951. The molecule has 25 heavy (non-hydrogen) atoms. The van der Waals surface area contributed by atoms with Crippen molar-refractivity contribution in [2.75, 3.05) is 12.4 Å². The van der Waals surface area contributed by atoms with Gasteiger partial charge in [0.1, 0.15) is 0 Å². The zero-order valence-corrected chi connectivity index (χ0v) is 14.5. The zero-order chi connectivity index (χ0) is 17.8. The summed E-state index contributed by atoms with van der Waals surface area (Å²) in [4.78, 5) is 30.3. The van der Waals surface area contributed by atoms with Crippen molar-refractivity contribution >= 4 is 17.6 Å². The molecule has 1 fully saturated rings. The van der Waals surface area contributed by atoms with Crippen LogP contribution in [-0.4, -0.2) is 34.9 Å². The zero-order valence-electron chi connectivity index (χ0n) is 14.5. The topological polar surface area (TPSA) is 74.3 Å². The Hall–Kier alpha value is -2.89. The van der Waals surface area contributed by atoms with E-state index in [1.165, 1.54) is 0 Å². The molecule has 0 unspecified atom stereocenters. The number of benzene rings is 1. The molecule has 1 aliphatic rings. The smallest absolute Gasteiger partial charge is 0.321 e. The van der Waals surface area contributed by atoms with E-state index in [1.54, 1.807) is 42.4 Å². The minimum absolute atomic E-state index is 0.101. The summed E-state index contributed by atoms with van der Waals surface area (Å²) >= 11 is 0. The van der Waals surface area contributed by atoms with E-state index in [2.05, 4.69) is 15.6 Å². The molecule has 0 atom stereocenters. The lowest BCUT2D eigenvalue weighted by Gasteiger charge is -2.18. The summed E-state index contributed by atoms with van der Waals surface area (Å²) < 4.78 is 0. The third-order valence-corrected chi connectivity index (χ3v) is 4.01. The fraction of sp³-hybridized carbons (Fsp3) is 0.316. The Morgan fingerprint density at radius 1 is 1.24 bits per heavy atom. The molecule has 3 rings (SSSR count). The van der Waals surface area contributed by atoms with Crippen molar-refractivity contribution in [3.05, 3.63) is 59.4 Å². The minimum atomic E-state index is -0.248. The number of nitrogens with zero attached hydrogens (tertiary/aromatic N) is 2. The van der Waals surface area contributed by atoms with Gasteiger partial charge in [0.05, 0.1) is 12.2 Å². The van der Waals surface area contributed by atoms with Gasteiger partial charge in [0.2, 0.25) is 0 Å². The highest BCUT2D eigenvalue weighted by Crippen LogP contribution is 2.20. The maximum Gasteiger partial charge on any atom is 0.321 e. The highest BCUT2D eigenvalue weighted by atomic mass is 16.2. The van der Waals surface area contributed by atoms with Crippen LogP contribution in [-0.2, 0) is 6.54 Å². The van der Waals surface area contributed by atoms with Gasteiger partial charge in [-0.1, -0.05) is 12.1 Å². The molecule has 0 saturated heterocycles. The molecule has 2 N–H and O–H groups in total. The number of urea groups is 1. The fourth-order valence-electron chi connectivity index (χ4n) is 2.36. The summed E-state index contributed by atoms with van der Waals surface area (Å²) in [6.07, 6.45) is 3.86. The largest absolute Gasteiger partial charge is 0.349 e. The first-order chi connectivity index (χ1) is 12.0. The molecule has 3 amide bonds. The lowest BCUT2D eigenvalue weighted by atomic mass is 10.2. The first-order valence-electron chi connectivity index (χ1n) is 8.36. The van der Waals surface area contributed by atoms with Gasteiger partial charge < -0.3 is 15.5 Å². The number of hydrogen-bond acceptors (Lipinski definition) is 3. The maximum absolute atomic E-state index is 12.3. The molecule has 1 heterocycles. The lowest BCUT2D eigenvalue weighted by Crippen LogP contribution is -2.31. The van der Waals surface area contributed by atoms with E-state index in [9.17, 15) is 9.59 Å². The Morgan fingerprint density at radius 2 is 2.04 bits per heavy atom. The number of aromatic nitrogens is 1. The van der Waals surface area contributed by atoms with Crippen LogP contribution in [0.3, 0.4) is 0 Å². The van der Waals surface area contributed by atoms with E-state index in [4.69, 9.17) is 0 Å².